The van der Waals surface area contributed by atoms with Gasteiger partial charge in [0.25, 0.3) is 5.56 Å². The number of aromatic nitrogens is 2. The van der Waals surface area contributed by atoms with Crippen LogP contribution >= 0.6 is 0 Å². The van der Waals surface area contributed by atoms with Crippen LogP contribution in [-0.2, 0) is 10.9 Å². The fraction of sp³-hybridized carbons (Fsp3) is 0.600. The van der Waals surface area contributed by atoms with E-state index in [2.05, 4.69) is 5.10 Å². The van der Waals surface area contributed by atoms with E-state index in [4.69, 9.17) is 9.47 Å². The van der Waals surface area contributed by atoms with Gasteiger partial charge in [-0.1, -0.05) is 6.92 Å². The van der Waals surface area contributed by atoms with Crippen molar-refractivity contribution >= 4 is 0 Å². The van der Waals surface area contributed by atoms with Crippen molar-refractivity contribution in [2.45, 2.75) is 19.5 Å². The van der Waals surface area contributed by atoms with E-state index < -0.39 is 23.0 Å². The third kappa shape index (κ3) is 4.02. The molecule has 1 aromatic rings. The van der Waals surface area contributed by atoms with Crippen LogP contribution in [0.2, 0.25) is 0 Å². The molecule has 0 aliphatic heterocycles. The molecule has 0 amide bonds. The predicted molar refractivity (Wildman–Crippen MR) is 56.5 cm³/mol. The molecule has 102 valence electrons. The van der Waals surface area contributed by atoms with Gasteiger partial charge in [0.1, 0.15) is 6.61 Å². The Morgan fingerprint density at radius 3 is 2.67 bits per heavy atom. The number of H-pyrrole nitrogens is 1. The van der Waals surface area contributed by atoms with Gasteiger partial charge in [0.2, 0.25) is 0 Å². The van der Waals surface area contributed by atoms with Crippen LogP contribution in [0, 0.1) is 0 Å². The molecule has 0 bridgehead atoms. The molecular weight excluding hydrogens is 253 g/mol. The number of hydrogen-bond donors (Lipinski definition) is 1. The molecule has 0 saturated carbocycles. The van der Waals surface area contributed by atoms with Crippen molar-refractivity contribution in [1.82, 2.24) is 10.2 Å². The van der Waals surface area contributed by atoms with Crippen molar-refractivity contribution in [2.75, 3.05) is 19.8 Å². The maximum absolute atomic E-state index is 12.6. The second-order valence-corrected chi connectivity index (χ2v) is 3.40. The highest BCUT2D eigenvalue weighted by Gasteiger charge is 2.38. The van der Waals surface area contributed by atoms with Gasteiger partial charge >= 0.3 is 6.18 Å². The Morgan fingerprint density at radius 2 is 2.06 bits per heavy atom. The minimum Gasteiger partial charge on any atom is -0.489 e. The molecule has 1 aromatic heterocycles. The van der Waals surface area contributed by atoms with Gasteiger partial charge < -0.3 is 9.47 Å². The van der Waals surface area contributed by atoms with Gasteiger partial charge in [-0.05, 0) is 6.42 Å². The third-order valence-corrected chi connectivity index (χ3v) is 1.94. The van der Waals surface area contributed by atoms with Gasteiger partial charge in [-0.3, -0.25) is 4.79 Å². The van der Waals surface area contributed by atoms with Gasteiger partial charge in [-0.15, -0.1) is 0 Å². The van der Waals surface area contributed by atoms with Crippen LogP contribution < -0.4 is 10.3 Å². The number of rotatable bonds is 6. The van der Waals surface area contributed by atoms with Crippen molar-refractivity contribution in [3.63, 3.8) is 0 Å². The number of nitrogens with one attached hydrogen (secondary N) is 1. The minimum atomic E-state index is -4.78. The van der Waals surface area contributed by atoms with Crippen molar-refractivity contribution in [2.24, 2.45) is 0 Å². The van der Waals surface area contributed by atoms with E-state index in [0.29, 0.717) is 6.61 Å². The molecule has 1 heterocycles. The molecule has 1 N–H and O–H groups in total. The van der Waals surface area contributed by atoms with Gasteiger partial charge in [0.05, 0.1) is 12.8 Å². The zero-order valence-corrected chi connectivity index (χ0v) is 9.71. The molecule has 18 heavy (non-hydrogen) atoms. The monoisotopic (exact) mass is 266 g/mol. The van der Waals surface area contributed by atoms with Crippen LogP contribution in [0.3, 0.4) is 0 Å². The molecule has 0 atom stereocenters. The number of alkyl halides is 3. The minimum absolute atomic E-state index is 0.0752. The quantitative estimate of drug-likeness (QED) is 0.794. The Morgan fingerprint density at radius 1 is 1.33 bits per heavy atom. The van der Waals surface area contributed by atoms with Crippen LogP contribution in [0.4, 0.5) is 13.2 Å². The zero-order chi connectivity index (χ0) is 13.6. The van der Waals surface area contributed by atoms with Crippen molar-refractivity contribution < 1.29 is 22.6 Å². The molecule has 0 aliphatic carbocycles. The Bertz CT molecular complexity index is 431. The fourth-order valence-electron chi connectivity index (χ4n) is 1.22. The highest BCUT2D eigenvalue weighted by atomic mass is 19.4. The number of halogens is 3. The predicted octanol–water partition coefficient (Wildman–Crippen LogP) is 1.59. The summed E-state index contributed by atoms with van der Waals surface area (Å²) in [4.78, 5) is 11.1. The van der Waals surface area contributed by atoms with Crippen LogP contribution in [0.5, 0.6) is 5.75 Å². The molecule has 0 fully saturated rings. The highest BCUT2D eigenvalue weighted by Crippen LogP contribution is 2.32. The highest BCUT2D eigenvalue weighted by molar-refractivity contribution is 5.30. The normalized spacial score (nSPS) is 11.6. The van der Waals surface area contributed by atoms with E-state index in [1.165, 1.54) is 0 Å². The maximum Gasteiger partial charge on any atom is 0.425 e. The Hall–Kier alpha value is -1.57. The summed E-state index contributed by atoms with van der Waals surface area (Å²) in [7, 11) is 0. The van der Waals surface area contributed by atoms with E-state index in [1.54, 1.807) is 5.10 Å². The van der Waals surface area contributed by atoms with Gasteiger partial charge in [0.15, 0.2) is 11.3 Å². The third-order valence-electron chi connectivity index (χ3n) is 1.94. The first kappa shape index (κ1) is 14.5. The maximum atomic E-state index is 12.6. The Kier molecular flexibility index (Phi) is 5.14. The first-order valence-corrected chi connectivity index (χ1v) is 5.32. The number of nitrogens with zero attached hydrogens (tertiary/aromatic N) is 1. The zero-order valence-electron chi connectivity index (χ0n) is 9.71. The number of hydrogen-bond acceptors (Lipinski definition) is 4. The van der Waals surface area contributed by atoms with E-state index >= 15 is 0 Å². The average molecular weight is 266 g/mol. The molecule has 0 radical (unpaired) electrons. The first-order valence-electron chi connectivity index (χ1n) is 5.32. The van der Waals surface area contributed by atoms with Crippen LogP contribution in [-0.4, -0.2) is 30.0 Å². The summed E-state index contributed by atoms with van der Waals surface area (Å²) < 4.78 is 47.7. The average Bonchev–Trinajstić information content (AvgIpc) is 2.27. The first-order chi connectivity index (χ1) is 8.46. The van der Waals surface area contributed by atoms with E-state index in [9.17, 15) is 18.0 Å². The van der Waals surface area contributed by atoms with Gasteiger partial charge in [0, 0.05) is 6.61 Å². The molecule has 8 heteroatoms. The molecule has 0 aliphatic rings. The lowest BCUT2D eigenvalue weighted by Gasteiger charge is -2.12. The van der Waals surface area contributed by atoms with E-state index in [-0.39, 0.29) is 13.2 Å². The summed E-state index contributed by atoms with van der Waals surface area (Å²) in [6.07, 6.45) is -3.15. The van der Waals surface area contributed by atoms with Crippen LogP contribution in [0.25, 0.3) is 0 Å². The molecule has 0 saturated heterocycles. The second-order valence-electron chi connectivity index (χ2n) is 3.40. The summed E-state index contributed by atoms with van der Waals surface area (Å²) >= 11 is 0. The van der Waals surface area contributed by atoms with Crippen molar-refractivity contribution in [3.8, 4) is 5.75 Å². The summed E-state index contributed by atoms with van der Waals surface area (Å²) in [6, 6.07) is 0. The lowest BCUT2D eigenvalue weighted by atomic mass is 10.3. The van der Waals surface area contributed by atoms with Crippen molar-refractivity contribution in [1.29, 1.82) is 0 Å². The Balaban J connectivity index is 2.71. The molecule has 0 spiro atoms. The molecule has 0 aromatic carbocycles. The van der Waals surface area contributed by atoms with Crippen LogP contribution in [0.15, 0.2) is 11.0 Å². The van der Waals surface area contributed by atoms with Crippen LogP contribution in [0.1, 0.15) is 18.9 Å². The Labute approximate surface area is 101 Å². The standard InChI is InChI=1S/C10H13F3N2O3/c1-2-3-17-4-5-18-7-6-14-15-9(16)8(7)10(11,12)13/h6H,2-5H2,1H3,(H,15,16). The number of aromatic amines is 1. The molecular formula is C10H13F3N2O3. The van der Waals surface area contributed by atoms with Gasteiger partial charge in [-0.2, -0.15) is 18.3 Å². The molecule has 0 unspecified atom stereocenters. The fourth-order valence-corrected chi connectivity index (χ4v) is 1.22. The lowest BCUT2D eigenvalue weighted by Crippen LogP contribution is -2.24. The van der Waals surface area contributed by atoms with E-state index in [0.717, 1.165) is 12.6 Å². The number of ether oxygens (including phenoxy) is 2. The summed E-state index contributed by atoms with van der Waals surface area (Å²) in [5.74, 6) is -0.591. The molecule has 5 nitrogen and oxygen atoms in total. The topological polar surface area (TPSA) is 64.2 Å². The van der Waals surface area contributed by atoms with Gasteiger partial charge in [-0.25, -0.2) is 5.10 Å². The summed E-state index contributed by atoms with van der Waals surface area (Å²) in [5, 5.41) is 4.99. The largest absolute Gasteiger partial charge is 0.489 e. The molecule has 1 rings (SSSR count). The van der Waals surface area contributed by atoms with Crippen molar-refractivity contribution in [3.05, 3.63) is 22.1 Å². The SMILES string of the molecule is CCCOCCOc1cn[nH]c(=O)c1C(F)(F)F. The smallest absolute Gasteiger partial charge is 0.425 e. The summed E-state index contributed by atoms with van der Waals surface area (Å²) in [6.45, 7) is 2.48. The summed E-state index contributed by atoms with van der Waals surface area (Å²) in [5.41, 5.74) is -2.71. The van der Waals surface area contributed by atoms with E-state index in [1.807, 2.05) is 6.92 Å². The second kappa shape index (κ2) is 6.39. The lowest BCUT2D eigenvalue weighted by molar-refractivity contribution is -0.140.